The minimum Gasteiger partial charge on any atom is -0.295 e. The smallest absolute Gasteiger partial charge is 0.159 e. The molecule has 76 valence electrons. The number of carbonyl (C=O) groups excluding carboxylic acids is 1. The summed E-state index contributed by atoms with van der Waals surface area (Å²) in [5, 5.41) is 0. The summed E-state index contributed by atoms with van der Waals surface area (Å²) in [6.45, 7) is 4.09. The molecule has 14 heavy (non-hydrogen) atoms. The van der Waals surface area contributed by atoms with Crippen molar-refractivity contribution in [3.8, 4) is 0 Å². The molecule has 1 fully saturated rings. The molecular weight excluding hydrogens is 172 g/mol. The number of allylic oxidation sites excluding steroid dienone is 4. The van der Waals surface area contributed by atoms with Gasteiger partial charge in [-0.25, -0.2) is 0 Å². The summed E-state index contributed by atoms with van der Waals surface area (Å²) in [5.74, 6) is 1.01. The van der Waals surface area contributed by atoms with Gasteiger partial charge >= 0.3 is 0 Å². The second kappa shape index (κ2) is 3.38. The second-order valence-electron chi connectivity index (χ2n) is 4.73. The molecule has 1 nitrogen and oxygen atoms in total. The van der Waals surface area contributed by atoms with Crippen LogP contribution in [-0.2, 0) is 4.79 Å². The molecule has 1 heteroatoms. The zero-order valence-corrected chi connectivity index (χ0v) is 8.99. The molecule has 0 aromatic rings. The summed E-state index contributed by atoms with van der Waals surface area (Å²) in [6.07, 6.45) is 11.7. The molecule has 0 aromatic heterocycles. The molecule has 0 saturated heterocycles. The van der Waals surface area contributed by atoms with E-state index in [1.807, 2.05) is 13.0 Å². The van der Waals surface area contributed by atoms with Crippen LogP contribution in [0.2, 0.25) is 0 Å². The van der Waals surface area contributed by atoms with E-state index in [0.717, 1.165) is 6.42 Å². The lowest BCUT2D eigenvalue weighted by Gasteiger charge is -2.31. The predicted molar refractivity (Wildman–Crippen MR) is 57.9 cm³/mol. The van der Waals surface area contributed by atoms with Crippen molar-refractivity contribution < 1.29 is 4.79 Å². The Labute approximate surface area is 85.9 Å². The van der Waals surface area contributed by atoms with E-state index in [9.17, 15) is 4.79 Å². The molecule has 1 saturated carbocycles. The first-order valence-electron chi connectivity index (χ1n) is 5.53. The summed E-state index contributed by atoms with van der Waals surface area (Å²) >= 11 is 0. The van der Waals surface area contributed by atoms with Crippen LogP contribution in [0.15, 0.2) is 24.3 Å². The monoisotopic (exact) mass is 190 g/mol. The maximum absolute atomic E-state index is 11.9. The zero-order valence-electron chi connectivity index (χ0n) is 8.99. The molecule has 0 bridgehead atoms. The molecule has 1 spiro atoms. The highest BCUT2D eigenvalue weighted by atomic mass is 16.1. The summed E-state index contributed by atoms with van der Waals surface area (Å²) < 4.78 is 0. The average molecular weight is 190 g/mol. The minimum absolute atomic E-state index is 0.253. The largest absolute Gasteiger partial charge is 0.295 e. The molecule has 0 radical (unpaired) electrons. The Hall–Kier alpha value is -0.850. The standard InChI is InChI=1S/C13H18O/c1-3-5-11(14)12-10(2)6-4-7-13(12)8-9-13/h3-6,10,12H,7-9H2,1-2H3/t10-,12-/m1/s1. The highest BCUT2D eigenvalue weighted by Gasteiger charge is 2.53. The Bertz CT molecular complexity index is 294. The summed E-state index contributed by atoms with van der Waals surface area (Å²) in [5.41, 5.74) is 0.352. The van der Waals surface area contributed by atoms with E-state index < -0.39 is 0 Å². The zero-order chi connectivity index (χ0) is 10.2. The van der Waals surface area contributed by atoms with Crippen LogP contribution in [0, 0.1) is 17.3 Å². The summed E-state index contributed by atoms with van der Waals surface area (Å²) in [7, 11) is 0. The maximum atomic E-state index is 11.9. The minimum atomic E-state index is 0.253. The average Bonchev–Trinajstić information content (AvgIpc) is 2.85. The fourth-order valence-electron chi connectivity index (χ4n) is 2.82. The van der Waals surface area contributed by atoms with Crippen molar-refractivity contribution in [3.63, 3.8) is 0 Å². The molecule has 2 atom stereocenters. The van der Waals surface area contributed by atoms with E-state index in [-0.39, 0.29) is 5.92 Å². The van der Waals surface area contributed by atoms with Crippen molar-refractivity contribution in [1.82, 2.24) is 0 Å². The first kappa shape index (κ1) is 9.70. The highest BCUT2D eigenvalue weighted by Crippen LogP contribution is 2.59. The predicted octanol–water partition coefficient (Wildman–Crippen LogP) is 3.12. The van der Waals surface area contributed by atoms with Crippen LogP contribution in [0.25, 0.3) is 0 Å². The van der Waals surface area contributed by atoms with Gasteiger partial charge in [-0.05, 0) is 43.6 Å². The molecular formula is C13H18O. The van der Waals surface area contributed by atoms with E-state index >= 15 is 0 Å². The van der Waals surface area contributed by atoms with Gasteiger partial charge in [-0.1, -0.05) is 25.2 Å². The van der Waals surface area contributed by atoms with Gasteiger partial charge in [-0.15, -0.1) is 0 Å². The lowest BCUT2D eigenvalue weighted by molar-refractivity contribution is -0.121. The number of hydrogen-bond donors (Lipinski definition) is 0. The number of ketones is 1. The molecule has 0 aliphatic heterocycles. The Morgan fingerprint density at radius 1 is 1.50 bits per heavy atom. The summed E-state index contributed by atoms with van der Waals surface area (Å²) in [4.78, 5) is 11.9. The van der Waals surface area contributed by atoms with Gasteiger partial charge in [0.1, 0.15) is 0 Å². The van der Waals surface area contributed by atoms with Gasteiger partial charge in [0.25, 0.3) is 0 Å². The van der Waals surface area contributed by atoms with Gasteiger partial charge in [-0.3, -0.25) is 4.79 Å². The van der Waals surface area contributed by atoms with E-state index in [1.54, 1.807) is 6.08 Å². The fourth-order valence-corrected chi connectivity index (χ4v) is 2.82. The first-order chi connectivity index (χ1) is 6.69. The third-order valence-electron chi connectivity index (χ3n) is 3.68. The Morgan fingerprint density at radius 3 is 2.79 bits per heavy atom. The van der Waals surface area contributed by atoms with Gasteiger partial charge in [-0.2, -0.15) is 0 Å². The number of hydrogen-bond acceptors (Lipinski definition) is 1. The topological polar surface area (TPSA) is 17.1 Å². The molecule has 2 aliphatic rings. The molecule has 0 aromatic carbocycles. The Balaban J connectivity index is 2.22. The molecule has 2 aliphatic carbocycles. The van der Waals surface area contributed by atoms with Crippen molar-refractivity contribution in [2.75, 3.05) is 0 Å². The van der Waals surface area contributed by atoms with Gasteiger partial charge in [0, 0.05) is 5.92 Å². The lowest BCUT2D eigenvalue weighted by Crippen LogP contribution is -2.31. The van der Waals surface area contributed by atoms with Gasteiger partial charge in [0.2, 0.25) is 0 Å². The molecule has 0 heterocycles. The number of carbonyl (C=O) groups is 1. The van der Waals surface area contributed by atoms with Crippen molar-refractivity contribution in [2.45, 2.75) is 33.1 Å². The molecule has 0 N–H and O–H groups in total. The molecule has 0 amide bonds. The van der Waals surface area contributed by atoms with Crippen LogP contribution in [0.4, 0.5) is 0 Å². The lowest BCUT2D eigenvalue weighted by atomic mass is 9.71. The van der Waals surface area contributed by atoms with E-state index in [1.165, 1.54) is 12.8 Å². The van der Waals surface area contributed by atoms with E-state index in [4.69, 9.17) is 0 Å². The van der Waals surface area contributed by atoms with Crippen molar-refractivity contribution in [1.29, 1.82) is 0 Å². The second-order valence-corrected chi connectivity index (χ2v) is 4.73. The van der Waals surface area contributed by atoms with Crippen molar-refractivity contribution in [2.24, 2.45) is 17.3 Å². The Kier molecular flexibility index (Phi) is 2.34. The van der Waals surface area contributed by atoms with Crippen molar-refractivity contribution in [3.05, 3.63) is 24.3 Å². The Morgan fingerprint density at radius 2 is 2.21 bits per heavy atom. The fraction of sp³-hybridized carbons (Fsp3) is 0.615. The van der Waals surface area contributed by atoms with Crippen LogP contribution in [0.1, 0.15) is 33.1 Å². The molecule has 0 unspecified atom stereocenters. The third-order valence-corrected chi connectivity index (χ3v) is 3.68. The first-order valence-corrected chi connectivity index (χ1v) is 5.53. The van der Waals surface area contributed by atoms with Crippen LogP contribution >= 0.6 is 0 Å². The SMILES string of the molecule is CC=CC(=O)[C@H]1[C@H](C)C=CCC12CC2. The van der Waals surface area contributed by atoms with Crippen molar-refractivity contribution >= 4 is 5.78 Å². The maximum Gasteiger partial charge on any atom is 0.159 e. The quantitative estimate of drug-likeness (QED) is 0.483. The van der Waals surface area contributed by atoms with Gasteiger partial charge in [0.05, 0.1) is 0 Å². The highest BCUT2D eigenvalue weighted by molar-refractivity contribution is 5.93. The van der Waals surface area contributed by atoms with Gasteiger partial charge in [0.15, 0.2) is 5.78 Å². The van der Waals surface area contributed by atoms with Crippen LogP contribution in [-0.4, -0.2) is 5.78 Å². The summed E-state index contributed by atoms with van der Waals surface area (Å²) in [6, 6.07) is 0. The third kappa shape index (κ3) is 1.45. The van der Waals surface area contributed by atoms with Gasteiger partial charge < -0.3 is 0 Å². The van der Waals surface area contributed by atoms with Crippen LogP contribution in [0.3, 0.4) is 0 Å². The number of rotatable bonds is 2. The van der Waals surface area contributed by atoms with E-state index in [0.29, 0.717) is 17.1 Å². The van der Waals surface area contributed by atoms with Crippen LogP contribution in [0.5, 0.6) is 0 Å². The normalized spacial score (nSPS) is 33.9. The van der Waals surface area contributed by atoms with E-state index in [2.05, 4.69) is 19.1 Å². The molecule has 2 rings (SSSR count). The van der Waals surface area contributed by atoms with Crippen LogP contribution < -0.4 is 0 Å².